The number of amides is 2. The minimum Gasteiger partial charge on any atom is -0.489 e. The third-order valence-corrected chi connectivity index (χ3v) is 2.91. The van der Waals surface area contributed by atoms with E-state index in [-0.39, 0.29) is 18.7 Å². The van der Waals surface area contributed by atoms with Gasteiger partial charge in [0.1, 0.15) is 11.9 Å². The topological polar surface area (TPSA) is 61.8 Å². The first-order chi connectivity index (χ1) is 9.67. The third kappa shape index (κ3) is 7.20. The van der Waals surface area contributed by atoms with Crippen LogP contribution in [0.3, 0.4) is 0 Å². The summed E-state index contributed by atoms with van der Waals surface area (Å²) in [6.45, 7) is 5.81. The molecule has 0 saturated heterocycles. The van der Waals surface area contributed by atoms with Crippen LogP contribution in [0.2, 0.25) is 5.02 Å². The number of ether oxygens (including phenoxy) is 1. The predicted octanol–water partition coefficient (Wildman–Crippen LogP) is 2.52. The third-order valence-electron chi connectivity index (χ3n) is 2.66. The van der Waals surface area contributed by atoms with E-state index in [2.05, 4.69) is 5.32 Å². The Hall–Kier alpha value is -1.46. The second kappa shape index (κ2) is 7.52. The number of benzene rings is 1. The van der Waals surface area contributed by atoms with E-state index in [1.165, 1.54) is 4.90 Å². The number of carbonyl (C=O) groups is 1. The maximum atomic E-state index is 11.9. The molecular formula is C15H23ClN2O3. The average Bonchev–Trinajstić information content (AvgIpc) is 2.36. The molecule has 118 valence electrons. The van der Waals surface area contributed by atoms with Gasteiger partial charge in [-0.3, -0.25) is 0 Å². The molecule has 0 heterocycles. The summed E-state index contributed by atoms with van der Waals surface area (Å²) in [4.78, 5) is 13.3. The second-order valence-corrected chi connectivity index (χ2v) is 6.17. The first kappa shape index (κ1) is 17.6. The lowest BCUT2D eigenvalue weighted by Crippen LogP contribution is -2.46. The van der Waals surface area contributed by atoms with Gasteiger partial charge in [0.25, 0.3) is 0 Å². The van der Waals surface area contributed by atoms with Crippen molar-refractivity contribution < 1.29 is 14.6 Å². The summed E-state index contributed by atoms with van der Waals surface area (Å²) in [7, 11) is 1.64. The number of hydrogen-bond acceptors (Lipinski definition) is 3. The second-order valence-electron chi connectivity index (χ2n) is 5.74. The molecule has 0 fully saturated rings. The fourth-order valence-corrected chi connectivity index (χ4v) is 1.93. The Bertz CT molecular complexity index is 457. The highest BCUT2D eigenvalue weighted by atomic mass is 35.5. The molecule has 0 aromatic heterocycles. The summed E-state index contributed by atoms with van der Waals surface area (Å²) in [5.41, 5.74) is -0.919. The highest BCUT2D eigenvalue weighted by Gasteiger charge is 2.19. The molecule has 0 aliphatic carbocycles. The lowest BCUT2D eigenvalue weighted by molar-refractivity contribution is 0.0528. The van der Waals surface area contributed by atoms with Crippen LogP contribution < -0.4 is 10.1 Å². The zero-order chi connectivity index (χ0) is 16.0. The van der Waals surface area contributed by atoms with Crippen LogP contribution in [0.15, 0.2) is 24.3 Å². The van der Waals surface area contributed by atoms with Crippen molar-refractivity contribution in [3.05, 3.63) is 29.3 Å². The molecule has 5 nitrogen and oxygen atoms in total. The maximum absolute atomic E-state index is 11.9. The number of rotatable bonds is 6. The molecule has 21 heavy (non-hydrogen) atoms. The first-order valence-corrected chi connectivity index (χ1v) is 7.19. The van der Waals surface area contributed by atoms with Crippen LogP contribution in [-0.2, 0) is 0 Å². The molecule has 6 heteroatoms. The number of likely N-dealkylation sites (N-methyl/N-ethyl adjacent to an activating group) is 1. The van der Waals surface area contributed by atoms with Crippen molar-refractivity contribution in [3.8, 4) is 5.75 Å². The van der Waals surface area contributed by atoms with Crippen LogP contribution in [-0.4, -0.2) is 47.9 Å². The van der Waals surface area contributed by atoms with Gasteiger partial charge < -0.3 is 20.1 Å². The van der Waals surface area contributed by atoms with E-state index in [1.807, 2.05) is 6.92 Å². The van der Waals surface area contributed by atoms with Gasteiger partial charge >= 0.3 is 6.03 Å². The fraction of sp³-hybridized carbons (Fsp3) is 0.533. The molecule has 0 bridgehead atoms. The Balaban J connectivity index is 2.37. The number of hydrogen-bond donors (Lipinski definition) is 2. The zero-order valence-electron chi connectivity index (χ0n) is 12.9. The maximum Gasteiger partial charge on any atom is 0.317 e. The summed E-state index contributed by atoms with van der Waals surface area (Å²) in [5, 5.41) is 13.1. The normalized spacial score (nSPS) is 12.7. The average molecular weight is 315 g/mol. The van der Waals surface area contributed by atoms with E-state index in [9.17, 15) is 9.90 Å². The number of aliphatic hydroxyl groups is 1. The van der Waals surface area contributed by atoms with Gasteiger partial charge in [-0.25, -0.2) is 4.79 Å². The summed E-state index contributed by atoms with van der Waals surface area (Å²) < 4.78 is 5.66. The van der Waals surface area contributed by atoms with Crippen LogP contribution in [0, 0.1) is 0 Å². The number of carbonyl (C=O) groups excluding carboxylic acids is 1. The molecule has 2 N–H and O–H groups in total. The van der Waals surface area contributed by atoms with Crippen molar-refractivity contribution in [3.63, 3.8) is 0 Å². The van der Waals surface area contributed by atoms with E-state index in [0.717, 1.165) is 0 Å². The first-order valence-electron chi connectivity index (χ1n) is 6.81. The van der Waals surface area contributed by atoms with Crippen LogP contribution in [0.25, 0.3) is 0 Å². The molecule has 1 unspecified atom stereocenters. The quantitative estimate of drug-likeness (QED) is 0.848. The molecule has 0 aliphatic rings. The molecule has 0 radical (unpaired) electrons. The van der Waals surface area contributed by atoms with Gasteiger partial charge in [-0.2, -0.15) is 0 Å². The molecule has 1 aromatic rings. The Labute approximate surface area is 130 Å². The minimum absolute atomic E-state index is 0.175. The number of nitrogens with one attached hydrogen (secondary N) is 1. The van der Waals surface area contributed by atoms with Gasteiger partial charge in [-0.1, -0.05) is 11.6 Å². The van der Waals surface area contributed by atoms with E-state index in [1.54, 1.807) is 45.2 Å². The van der Waals surface area contributed by atoms with Gasteiger partial charge in [0, 0.05) is 12.1 Å². The van der Waals surface area contributed by atoms with Gasteiger partial charge in [-0.05, 0) is 45.0 Å². The lowest BCUT2D eigenvalue weighted by Gasteiger charge is -2.26. The fourth-order valence-electron chi connectivity index (χ4n) is 1.81. The van der Waals surface area contributed by atoms with Crippen LogP contribution in [0.4, 0.5) is 4.79 Å². The molecular weight excluding hydrogens is 292 g/mol. The SMILES string of the molecule is CC(CNC(=O)N(C)CC(C)(C)O)Oc1ccc(Cl)cc1. The predicted molar refractivity (Wildman–Crippen MR) is 83.9 cm³/mol. The Morgan fingerprint density at radius 3 is 2.52 bits per heavy atom. The highest BCUT2D eigenvalue weighted by molar-refractivity contribution is 6.30. The number of halogens is 1. The molecule has 2 amide bonds. The Morgan fingerprint density at radius 1 is 1.43 bits per heavy atom. The van der Waals surface area contributed by atoms with E-state index < -0.39 is 5.60 Å². The van der Waals surface area contributed by atoms with E-state index >= 15 is 0 Å². The smallest absolute Gasteiger partial charge is 0.317 e. The van der Waals surface area contributed by atoms with Crippen molar-refractivity contribution >= 4 is 17.6 Å². The van der Waals surface area contributed by atoms with Crippen molar-refractivity contribution in [1.82, 2.24) is 10.2 Å². The van der Waals surface area contributed by atoms with Gasteiger partial charge in [0.2, 0.25) is 0 Å². The summed E-state index contributed by atoms with van der Waals surface area (Å²) in [6, 6.07) is 6.81. The summed E-state index contributed by atoms with van der Waals surface area (Å²) >= 11 is 5.80. The molecule has 1 rings (SSSR count). The Morgan fingerprint density at radius 2 is 2.00 bits per heavy atom. The highest BCUT2D eigenvalue weighted by Crippen LogP contribution is 2.16. The van der Waals surface area contributed by atoms with Crippen LogP contribution in [0.5, 0.6) is 5.75 Å². The standard InChI is InChI=1S/C15H23ClN2O3/c1-11(21-13-7-5-12(16)6-8-13)9-17-14(19)18(4)10-15(2,3)20/h5-8,11,20H,9-10H2,1-4H3,(H,17,19). The summed E-state index contributed by atoms with van der Waals surface area (Å²) in [5.74, 6) is 0.700. The molecule has 0 saturated carbocycles. The van der Waals surface area contributed by atoms with Crippen molar-refractivity contribution in [2.24, 2.45) is 0 Å². The molecule has 0 spiro atoms. The van der Waals surface area contributed by atoms with E-state index in [0.29, 0.717) is 17.3 Å². The van der Waals surface area contributed by atoms with Gasteiger partial charge in [0.15, 0.2) is 0 Å². The molecule has 1 atom stereocenters. The Kier molecular flexibility index (Phi) is 6.30. The van der Waals surface area contributed by atoms with Crippen LogP contribution >= 0.6 is 11.6 Å². The monoisotopic (exact) mass is 314 g/mol. The van der Waals surface area contributed by atoms with Crippen molar-refractivity contribution in [2.45, 2.75) is 32.5 Å². The largest absolute Gasteiger partial charge is 0.489 e. The van der Waals surface area contributed by atoms with Crippen LogP contribution in [0.1, 0.15) is 20.8 Å². The van der Waals surface area contributed by atoms with Crippen molar-refractivity contribution in [1.29, 1.82) is 0 Å². The van der Waals surface area contributed by atoms with Gasteiger partial charge in [0.05, 0.1) is 18.7 Å². The number of nitrogens with zero attached hydrogens (tertiary/aromatic N) is 1. The number of urea groups is 1. The van der Waals surface area contributed by atoms with E-state index in [4.69, 9.17) is 16.3 Å². The lowest BCUT2D eigenvalue weighted by atomic mass is 10.1. The minimum atomic E-state index is -0.919. The molecule has 1 aromatic carbocycles. The summed E-state index contributed by atoms with van der Waals surface area (Å²) in [6.07, 6.45) is -0.175. The zero-order valence-corrected chi connectivity index (χ0v) is 13.6. The molecule has 0 aliphatic heterocycles. The van der Waals surface area contributed by atoms with Crippen molar-refractivity contribution in [2.75, 3.05) is 20.1 Å². The van der Waals surface area contributed by atoms with Gasteiger partial charge in [-0.15, -0.1) is 0 Å².